The normalized spacial score (nSPS) is 30.2. The zero-order valence-corrected chi connectivity index (χ0v) is 13.9. The minimum Gasteiger partial charge on any atom is -0.299 e. The Labute approximate surface area is 151 Å². The van der Waals surface area contributed by atoms with Gasteiger partial charge in [-0.25, -0.2) is 0 Å². The predicted octanol–water partition coefficient (Wildman–Crippen LogP) is 3.70. The van der Waals surface area contributed by atoms with Crippen molar-refractivity contribution in [2.75, 3.05) is 0 Å². The van der Waals surface area contributed by atoms with Gasteiger partial charge in [-0.05, 0) is 27.8 Å². The maximum absolute atomic E-state index is 13.1. The van der Waals surface area contributed by atoms with Gasteiger partial charge < -0.3 is 0 Å². The number of hydrogen-bond acceptors (Lipinski definition) is 3. The molecular formula is C23H14N2O. The van der Waals surface area contributed by atoms with Gasteiger partial charge in [0, 0.05) is 6.42 Å². The van der Waals surface area contributed by atoms with Crippen molar-refractivity contribution in [1.29, 1.82) is 10.5 Å². The number of rotatable bonds is 0. The topological polar surface area (TPSA) is 64.7 Å². The quantitative estimate of drug-likeness (QED) is 0.738. The lowest BCUT2D eigenvalue weighted by atomic mass is 9.43. The summed E-state index contributed by atoms with van der Waals surface area (Å²) in [5.74, 6) is -0.637. The van der Waals surface area contributed by atoms with E-state index in [1.165, 1.54) is 0 Å². The molecule has 4 aliphatic carbocycles. The van der Waals surface area contributed by atoms with Crippen LogP contribution >= 0.6 is 0 Å². The van der Waals surface area contributed by atoms with Gasteiger partial charge in [0.15, 0.2) is 0 Å². The van der Waals surface area contributed by atoms with Crippen LogP contribution < -0.4 is 0 Å². The highest BCUT2D eigenvalue weighted by molar-refractivity contribution is 5.94. The Hall–Kier alpha value is -3.43. The molecule has 122 valence electrons. The van der Waals surface area contributed by atoms with Gasteiger partial charge in [0.2, 0.25) is 0 Å². The fraction of sp³-hybridized carbons (Fsp3) is 0.174. The van der Waals surface area contributed by atoms with Crippen molar-refractivity contribution in [2.45, 2.75) is 17.3 Å². The number of carbonyl (C=O) groups is 1. The van der Waals surface area contributed by atoms with Crippen molar-refractivity contribution < 1.29 is 4.79 Å². The van der Waals surface area contributed by atoms with Gasteiger partial charge in [-0.15, -0.1) is 0 Å². The SMILES string of the molecule is N#CC12C3=CC=CCC(=O)C3C(C#N)(c3ccccc31)c1ccccc12. The van der Waals surface area contributed by atoms with Crippen LogP contribution in [0, 0.1) is 28.6 Å². The third kappa shape index (κ3) is 1.38. The maximum Gasteiger partial charge on any atom is 0.146 e. The summed E-state index contributed by atoms with van der Waals surface area (Å²) in [5, 5.41) is 20.9. The van der Waals surface area contributed by atoms with E-state index in [1.54, 1.807) is 0 Å². The van der Waals surface area contributed by atoms with Gasteiger partial charge >= 0.3 is 0 Å². The van der Waals surface area contributed by atoms with Crippen LogP contribution in [0.4, 0.5) is 0 Å². The number of nitrogens with zero attached hydrogens (tertiary/aromatic N) is 2. The standard InChI is InChI=1S/C23H14N2O/c24-13-22-15-7-1-3-9-17(15)23(14-25,18-10-4-2-8-16(18)22)21-19(22)11-5-6-12-20(21)26/h1-11,21H,12H2. The first-order valence-corrected chi connectivity index (χ1v) is 8.64. The third-order valence-electron chi connectivity index (χ3n) is 6.09. The van der Waals surface area contributed by atoms with Crippen molar-refractivity contribution in [3.63, 3.8) is 0 Å². The molecule has 3 heteroatoms. The molecule has 0 saturated heterocycles. The second-order valence-electron chi connectivity index (χ2n) is 7.03. The Morgan fingerprint density at radius 1 is 0.885 bits per heavy atom. The van der Waals surface area contributed by atoms with Gasteiger partial charge in [-0.2, -0.15) is 10.5 Å². The number of ketones is 1. The second-order valence-corrected chi connectivity index (χ2v) is 7.03. The molecule has 4 aliphatic rings. The number of carbonyl (C=O) groups excluding carboxylic acids is 1. The maximum atomic E-state index is 13.1. The van der Waals surface area contributed by atoms with Crippen molar-refractivity contribution in [1.82, 2.24) is 0 Å². The molecular weight excluding hydrogens is 320 g/mol. The first kappa shape index (κ1) is 14.9. The molecule has 0 saturated carbocycles. The largest absolute Gasteiger partial charge is 0.299 e. The van der Waals surface area contributed by atoms with E-state index in [2.05, 4.69) is 12.1 Å². The van der Waals surface area contributed by atoms with Crippen molar-refractivity contribution in [3.8, 4) is 12.1 Å². The molecule has 2 aromatic rings. The number of hydrogen-bond donors (Lipinski definition) is 0. The Kier molecular flexibility index (Phi) is 2.75. The fourth-order valence-electron chi connectivity index (χ4n) is 5.15. The summed E-state index contributed by atoms with van der Waals surface area (Å²) in [4.78, 5) is 13.1. The minimum atomic E-state index is -1.08. The van der Waals surface area contributed by atoms with E-state index < -0.39 is 16.7 Å². The van der Waals surface area contributed by atoms with Gasteiger partial charge in [0.05, 0.1) is 18.1 Å². The molecule has 1 atom stereocenters. The molecule has 2 bridgehead atoms. The average molecular weight is 334 g/mol. The smallest absolute Gasteiger partial charge is 0.146 e. The Balaban J connectivity index is 2.07. The van der Waals surface area contributed by atoms with Crippen LogP contribution in [0.25, 0.3) is 0 Å². The van der Waals surface area contributed by atoms with Crippen molar-refractivity contribution in [2.24, 2.45) is 5.92 Å². The van der Waals surface area contributed by atoms with E-state index in [0.29, 0.717) is 0 Å². The van der Waals surface area contributed by atoms with E-state index >= 15 is 0 Å². The van der Waals surface area contributed by atoms with Gasteiger partial charge in [0.1, 0.15) is 16.6 Å². The molecule has 0 heterocycles. The van der Waals surface area contributed by atoms with Gasteiger partial charge in [-0.1, -0.05) is 66.8 Å². The first-order valence-electron chi connectivity index (χ1n) is 8.64. The average Bonchev–Trinajstić information content (AvgIpc) is 2.90. The molecule has 2 aromatic carbocycles. The molecule has 0 fully saturated rings. The Bertz CT molecular complexity index is 1080. The molecule has 0 aliphatic heterocycles. The molecule has 0 amide bonds. The summed E-state index contributed by atoms with van der Waals surface area (Å²) in [7, 11) is 0. The number of nitriles is 2. The summed E-state index contributed by atoms with van der Waals surface area (Å²) in [6.45, 7) is 0. The van der Waals surface area contributed by atoms with Crippen LogP contribution in [0.15, 0.2) is 72.3 Å². The Morgan fingerprint density at radius 3 is 2.00 bits per heavy atom. The fourth-order valence-corrected chi connectivity index (χ4v) is 5.15. The number of Topliss-reactive ketones (excluding diaryl/α,β-unsaturated/α-hetero) is 1. The second kappa shape index (κ2) is 4.81. The van der Waals surface area contributed by atoms with Crippen LogP contribution in [-0.2, 0) is 15.6 Å². The highest BCUT2D eigenvalue weighted by atomic mass is 16.1. The van der Waals surface area contributed by atoms with E-state index in [0.717, 1.165) is 27.8 Å². The summed E-state index contributed by atoms with van der Waals surface area (Å²) < 4.78 is 0. The molecule has 1 unspecified atom stereocenters. The molecule has 0 radical (unpaired) electrons. The van der Waals surface area contributed by atoms with Crippen LogP contribution in [0.2, 0.25) is 0 Å². The van der Waals surface area contributed by atoms with Crippen LogP contribution in [-0.4, -0.2) is 5.78 Å². The summed E-state index contributed by atoms with van der Waals surface area (Å²) in [6, 6.07) is 20.3. The molecule has 26 heavy (non-hydrogen) atoms. The van der Waals surface area contributed by atoms with Crippen molar-refractivity contribution >= 4 is 5.78 Å². The summed E-state index contributed by atoms with van der Waals surface area (Å²) in [6.07, 6.45) is 5.83. The molecule has 0 aromatic heterocycles. The summed E-state index contributed by atoms with van der Waals surface area (Å²) >= 11 is 0. The molecule has 6 rings (SSSR count). The zero-order valence-electron chi connectivity index (χ0n) is 13.9. The number of allylic oxidation sites excluding steroid dienone is 4. The lowest BCUT2D eigenvalue weighted by molar-refractivity contribution is -0.122. The van der Waals surface area contributed by atoms with E-state index in [1.807, 2.05) is 66.8 Å². The zero-order chi connectivity index (χ0) is 17.9. The highest BCUT2D eigenvalue weighted by Crippen LogP contribution is 2.64. The van der Waals surface area contributed by atoms with Crippen LogP contribution in [0.5, 0.6) is 0 Å². The number of benzene rings is 2. The third-order valence-corrected chi connectivity index (χ3v) is 6.09. The van der Waals surface area contributed by atoms with Crippen LogP contribution in [0.1, 0.15) is 28.7 Å². The lowest BCUT2D eigenvalue weighted by Gasteiger charge is -2.54. The summed E-state index contributed by atoms with van der Waals surface area (Å²) in [5.41, 5.74) is 1.86. The molecule has 0 N–H and O–H groups in total. The van der Waals surface area contributed by atoms with Gasteiger partial charge in [-0.3, -0.25) is 4.79 Å². The molecule has 0 spiro atoms. The molecule has 3 nitrogen and oxygen atoms in total. The first-order chi connectivity index (χ1) is 12.7. The van der Waals surface area contributed by atoms with Crippen molar-refractivity contribution in [3.05, 3.63) is 94.6 Å². The van der Waals surface area contributed by atoms with Crippen LogP contribution in [0.3, 0.4) is 0 Å². The Morgan fingerprint density at radius 2 is 1.46 bits per heavy atom. The lowest BCUT2D eigenvalue weighted by Crippen LogP contribution is -2.57. The minimum absolute atomic E-state index is 0.00446. The van der Waals surface area contributed by atoms with E-state index in [-0.39, 0.29) is 12.2 Å². The van der Waals surface area contributed by atoms with E-state index in [4.69, 9.17) is 0 Å². The van der Waals surface area contributed by atoms with Gasteiger partial charge in [0.25, 0.3) is 0 Å². The predicted molar refractivity (Wildman–Crippen MR) is 96.0 cm³/mol. The monoisotopic (exact) mass is 334 g/mol. The highest BCUT2D eigenvalue weighted by Gasteiger charge is 2.65. The van der Waals surface area contributed by atoms with E-state index in [9.17, 15) is 15.3 Å².